The van der Waals surface area contributed by atoms with Gasteiger partial charge in [-0.05, 0) is 50.8 Å². The summed E-state index contributed by atoms with van der Waals surface area (Å²) >= 11 is 0. The van der Waals surface area contributed by atoms with E-state index in [-0.39, 0.29) is 16.4 Å². The van der Waals surface area contributed by atoms with Gasteiger partial charge in [0.25, 0.3) is 15.9 Å². The van der Waals surface area contributed by atoms with Gasteiger partial charge < -0.3 is 14.5 Å². The van der Waals surface area contributed by atoms with Crippen LogP contribution in [0.25, 0.3) is 0 Å². The summed E-state index contributed by atoms with van der Waals surface area (Å²) in [6, 6.07) is 4.53. The quantitative estimate of drug-likeness (QED) is 0.661. The van der Waals surface area contributed by atoms with E-state index >= 15 is 0 Å². The molecule has 4 rings (SSSR count). The van der Waals surface area contributed by atoms with Crippen LogP contribution in [0.5, 0.6) is 0 Å². The van der Waals surface area contributed by atoms with Crippen LogP contribution in [0.15, 0.2) is 27.5 Å². The SMILES string of the molecule is CC(OC(=O)c1ccc2c(c1)S(=O)(=O)N=C1CCCCCN12)C(=O)N1CCCCCC1. The number of rotatable bonds is 3. The average molecular weight is 448 g/mol. The molecule has 0 saturated carbocycles. The standard InChI is InChI=1S/C22H29N3O5S/c1-16(21(26)24-12-6-2-3-7-13-24)30-22(27)17-10-11-18-19(15-17)31(28,29)23-20-9-5-4-8-14-25(18)20/h10-11,15-16H,2-9,12-14H2,1H3. The van der Waals surface area contributed by atoms with Crippen molar-refractivity contribution in [2.75, 3.05) is 24.5 Å². The predicted octanol–water partition coefficient (Wildman–Crippen LogP) is 3.12. The second-order valence-corrected chi connectivity index (χ2v) is 9.99. The molecule has 0 bridgehead atoms. The van der Waals surface area contributed by atoms with Crippen LogP contribution in [0.2, 0.25) is 0 Å². The van der Waals surface area contributed by atoms with E-state index in [1.54, 1.807) is 24.0 Å². The number of esters is 1. The molecule has 2 fully saturated rings. The van der Waals surface area contributed by atoms with Gasteiger partial charge in [-0.2, -0.15) is 8.42 Å². The zero-order chi connectivity index (χ0) is 22.0. The van der Waals surface area contributed by atoms with Gasteiger partial charge >= 0.3 is 5.97 Å². The van der Waals surface area contributed by atoms with Gasteiger partial charge in [0.15, 0.2) is 6.10 Å². The maximum atomic E-state index is 12.8. The van der Waals surface area contributed by atoms with Crippen molar-refractivity contribution in [3.05, 3.63) is 23.8 Å². The molecule has 3 heterocycles. The highest BCUT2D eigenvalue weighted by molar-refractivity contribution is 7.90. The first-order valence-electron chi connectivity index (χ1n) is 11.1. The Morgan fingerprint density at radius 2 is 1.68 bits per heavy atom. The number of hydrogen-bond donors (Lipinski definition) is 0. The molecular weight excluding hydrogens is 418 g/mol. The summed E-state index contributed by atoms with van der Waals surface area (Å²) in [5.41, 5.74) is 0.656. The zero-order valence-electron chi connectivity index (χ0n) is 17.9. The third kappa shape index (κ3) is 4.61. The molecule has 0 N–H and O–H groups in total. The smallest absolute Gasteiger partial charge is 0.338 e. The maximum absolute atomic E-state index is 12.8. The number of carbonyl (C=O) groups is 2. The number of amides is 1. The fourth-order valence-electron chi connectivity index (χ4n) is 4.43. The molecule has 9 heteroatoms. The molecular formula is C22H29N3O5S. The zero-order valence-corrected chi connectivity index (χ0v) is 18.7. The number of carbonyl (C=O) groups excluding carboxylic acids is 2. The minimum Gasteiger partial charge on any atom is -0.449 e. The lowest BCUT2D eigenvalue weighted by Crippen LogP contribution is -2.40. The molecule has 1 unspecified atom stereocenters. The second-order valence-electron chi connectivity index (χ2n) is 8.41. The third-order valence-corrected chi connectivity index (χ3v) is 7.47. The van der Waals surface area contributed by atoms with Crippen molar-refractivity contribution in [3.8, 4) is 0 Å². The molecule has 0 aliphatic carbocycles. The van der Waals surface area contributed by atoms with E-state index in [1.165, 1.54) is 6.07 Å². The third-order valence-electron chi connectivity index (χ3n) is 6.13. The molecule has 0 spiro atoms. The van der Waals surface area contributed by atoms with Crippen LogP contribution in [0.4, 0.5) is 5.69 Å². The first-order valence-corrected chi connectivity index (χ1v) is 12.6. The van der Waals surface area contributed by atoms with E-state index in [9.17, 15) is 18.0 Å². The van der Waals surface area contributed by atoms with Crippen molar-refractivity contribution < 1.29 is 22.7 Å². The van der Waals surface area contributed by atoms with E-state index < -0.39 is 22.1 Å². The van der Waals surface area contributed by atoms with Gasteiger partial charge in [0.1, 0.15) is 10.7 Å². The minimum absolute atomic E-state index is 0.0131. The normalized spacial score (nSPS) is 21.6. The van der Waals surface area contributed by atoms with Crippen molar-refractivity contribution in [1.82, 2.24) is 4.90 Å². The number of anilines is 1. The molecule has 3 aliphatic heterocycles. The molecule has 168 valence electrons. The van der Waals surface area contributed by atoms with Crippen molar-refractivity contribution >= 4 is 33.4 Å². The summed E-state index contributed by atoms with van der Waals surface area (Å²) in [5, 5.41) is 0. The van der Waals surface area contributed by atoms with Gasteiger partial charge in [0, 0.05) is 26.1 Å². The Balaban J connectivity index is 1.52. The minimum atomic E-state index is -3.89. The number of hydrogen-bond acceptors (Lipinski definition) is 6. The summed E-state index contributed by atoms with van der Waals surface area (Å²) in [6.07, 6.45) is 6.70. The van der Waals surface area contributed by atoms with Gasteiger partial charge in [0.2, 0.25) is 0 Å². The van der Waals surface area contributed by atoms with E-state index in [0.29, 0.717) is 37.6 Å². The molecule has 1 amide bonds. The van der Waals surface area contributed by atoms with Gasteiger partial charge in [0.05, 0.1) is 11.3 Å². The topological polar surface area (TPSA) is 96.4 Å². The van der Waals surface area contributed by atoms with E-state index in [2.05, 4.69) is 4.40 Å². The molecule has 8 nitrogen and oxygen atoms in total. The molecule has 2 saturated heterocycles. The summed E-state index contributed by atoms with van der Waals surface area (Å²) < 4.78 is 34.9. The number of fused-ring (bicyclic) bond motifs is 3. The van der Waals surface area contributed by atoms with Crippen LogP contribution >= 0.6 is 0 Å². The molecule has 3 aliphatic rings. The number of likely N-dealkylation sites (tertiary alicyclic amines) is 1. The Bertz CT molecular complexity index is 996. The Morgan fingerprint density at radius 1 is 1.00 bits per heavy atom. The monoisotopic (exact) mass is 447 g/mol. The number of benzene rings is 1. The van der Waals surface area contributed by atoms with Crippen molar-refractivity contribution in [3.63, 3.8) is 0 Å². The largest absolute Gasteiger partial charge is 0.449 e. The Hall–Kier alpha value is -2.42. The van der Waals surface area contributed by atoms with E-state index in [4.69, 9.17) is 4.74 Å². The van der Waals surface area contributed by atoms with Crippen LogP contribution in [-0.4, -0.2) is 56.8 Å². The second kappa shape index (κ2) is 8.98. The number of sulfonamides is 1. The Morgan fingerprint density at radius 3 is 2.42 bits per heavy atom. The molecule has 1 atom stereocenters. The first kappa shape index (κ1) is 21.8. The van der Waals surface area contributed by atoms with Crippen LogP contribution in [0.1, 0.15) is 68.6 Å². The lowest BCUT2D eigenvalue weighted by atomic mass is 10.1. The van der Waals surface area contributed by atoms with Gasteiger partial charge in [-0.25, -0.2) is 4.79 Å². The van der Waals surface area contributed by atoms with E-state index in [0.717, 1.165) is 44.9 Å². The highest BCUT2D eigenvalue weighted by atomic mass is 32.2. The van der Waals surface area contributed by atoms with Gasteiger partial charge in [-0.3, -0.25) is 4.79 Å². The Kier molecular flexibility index (Phi) is 6.31. The van der Waals surface area contributed by atoms with Crippen LogP contribution in [-0.2, 0) is 19.6 Å². The molecule has 1 aromatic carbocycles. The fourth-order valence-corrected chi connectivity index (χ4v) is 5.72. The number of nitrogens with zero attached hydrogens (tertiary/aromatic N) is 3. The van der Waals surface area contributed by atoms with Crippen LogP contribution in [0.3, 0.4) is 0 Å². The highest BCUT2D eigenvalue weighted by Gasteiger charge is 2.33. The van der Waals surface area contributed by atoms with Crippen molar-refractivity contribution in [1.29, 1.82) is 0 Å². The van der Waals surface area contributed by atoms with Gasteiger partial charge in [-0.15, -0.1) is 4.40 Å². The van der Waals surface area contributed by atoms with Crippen LogP contribution < -0.4 is 4.90 Å². The fraction of sp³-hybridized carbons (Fsp3) is 0.591. The first-order chi connectivity index (χ1) is 14.9. The van der Waals surface area contributed by atoms with Crippen LogP contribution in [0, 0.1) is 0 Å². The summed E-state index contributed by atoms with van der Waals surface area (Å²) in [6.45, 7) is 3.61. The molecule has 31 heavy (non-hydrogen) atoms. The van der Waals surface area contributed by atoms with Gasteiger partial charge in [-0.1, -0.05) is 19.3 Å². The molecule has 0 radical (unpaired) electrons. The number of ether oxygens (including phenoxy) is 1. The predicted molar refractivity (Wildman–Crippen MR) is 117 cm³/mol. The highest BCUT2D eigenvalue weighted by Crippen LogP contribution is 2.35. The molecule has 1 aromatic rings. The summed E-state index contributed by atoms with van der Waals surface area (Å²) in [4.78, 5) is 29.1. The number of amidine groups is 1. The van der Waals surface area contributed by atoms with Crippen molar-refractivity contribution in [2.45, 2.75) is 69.3 Å². The summed E-state index contributed by atoms with van der Waals surface area (Å²) in [7, 11) is -3.89. The van der Waals surface area contributed by atoms with Crippen molar-refractivity contribution in [2.24, 2.45) is 4.40 Å². The lowest BCUT2D eigenvalue weighted by molar-refractivity contribution is -0.139. The molecule has 0 aromatic heterocycles. The summed E-state index contributed by atoms with van der Waals surface area (Å²) in [5.74, 6) is -0.351. The Labute approximate surface area is 183 Å². The maximum Gasteiger partial charge on any atom is 0.338 e. The average Bonchev–Trinajstić information content (AvgIpc) is 3.15. The lowest BCUT2D eigenvalue weighted by Gasteiger charge is -2.29. The van der Waals surface area contributed by atoms with E-state index in [1.807, 2.05) is 4.90 Å².